The molecule has 0 atom stereocenters. The van der Waals surface area contributed by atoms with Gasteiger partial charge >= 0.3 is 0 Å². The summed E-state index contributed by atoms with van der Waals surface area (Å²) in [5.41, 5.74) is 9.94. The van der Waals surface area contributed by atoms with E-state index in [0.717, 1.165) is 27.7 Å². The van der Waals surface area contributed by atoms with E-state index in [4.69, 9.17) is 11.1 Å². The Bertz CT molecular complexity index is 814. The van der Waals surface area contributed by atoms with E-state index in [1.165, 1.54) is 6.21 Å². The molecule has 0 bridgehead atoms. The van der Waals surface area contributed by atoms with Crippen molar-refractivity contribution < 1.29 is 0 Å². The number of H-pyrrole nitrogens is 1. The standard InChI is InChI=1S/C17H16N4/c18-9-7-12-3-1-2-4-15(12)17(19)21-14-5-6-16-13(11-14)8-10-20-16/h1-6,8-11,18,20H,7H2,(H2,19,21). The van der Waals surface area contributed by atoms with Gasteiger partial charge in [0, 0.05) is 29.1 Å². The molecule has 0 radical (unpaired) electrons. The van der Waals surface area contributed by atoms with E-state index in [1.807, 2.05) is 54.7 Å². The van der Waals surface area contributed by atoms with Crippen LogP contribution in [0.5, 0.6) is 0 Å². The molecule has 0 aliphatic rings. The molecule has 0 unspecified atom stereocenters. The van der Waals surface area contributed by atoms with Gasteiger partial charge < -0.3 is 16.1 Å². The Kier molecular flexibility index (Phi) is 3.51. The van der Waals surface area contributed by atoms with Crippen LogP contribution in [0.3, 0.4) is 0 Å². The van der Waals surface area contributed by atoms with Gasteiger partial charge in [0.15, 0.2) is 0 Å². The van der Waals surface area contributed by atoms with Gasteiger partial charge in [0.1, 0.15) is 5.84 Å². The zero-order chi connectivity index (χ0) is 14.7. The molecule has 0 saturated carbocycles. The molecule has 0 spiro atoms. The minimum atomic E-state index is 0.474. The minimum Gasteiger partial charge on any atom is -0.383 e. The molecule has 1 aromatic heterocycles. The van der Waals surface area contributed by atoms with Crippen LogP contribution in [-0.2, 0) is 6.42 Å². The summed E-state index contributed by atoms with van der Waals surface area (Å²) in [7, 11) is 0. The van der Waals surface area contributed by atoms with E-state index in [2.05, 4.69) is 9.98 Å². The fourth-order valence-corrected chi connectivity index (χ4v) is 2.37. The summed E-state index contributed by atoms with van der Waals surface area (Å²) in [6.07, 6.45) is 3.84. The van der Waals surface area contributed by atoms with Crippen LogP contribution in [0.15, 0.2) is 59.7 Å². The topological polar surface area (TPSA) is 78.0 Å². The van der Waals surface area contributed by atoms with E-state index >= 15 is 0 Å². The van der Waals surface area contributed by atoms with Crippen molar-refractivity contribution in [1.29, 1.82) is 5.41 Å². The average molecular weight is 276 g/mol. The summed E-state index contributed by atoms with van der Waals surface area (Å²) in [5, 5.41) is 8.37. The maximum absolute atomic E-state index is 7.26. The van der Waals surface area contributed by atoms with E-state index < -0.39 is 0 Å². The normalized spacial score (nSPS) is 11.7. The number of benzene rings is 2. The van der Waals surface area contributed by atoms with Gasteiger partial charge in [-0.05, 0) is 36.0 Å². The van der Waals surface area contributed by atoms with Crippen molar-refractivity contribution in [3.63, 3.8) is 0 Å². The highest BCUT2D eigenvalue weighted by Crippen LogP contribution is 2.21. The Labute approximate surface area is 122 Å². The van der Waals surface area contributed by atoms with Gasteiger partial charge in [-0.1, -0.05) is 24.3 Å². The third-order valence-electron chi connectivity index (χ3n) is 3.40. The summed E-state index contributed by atoms with van der Waals surface area (Å²) < 4.78 is 0. The van der Waals surface area contributed by atoms with E-state index in [-0.39, 0.29) is 0 Å². The maximum atomic E-state index is 7.26. The Morgan fingerprint density at radius 3 is 2.90 bits per heavy atom. The summed E-state index contributed by atoms with van der Waals surface area (Å²) in [6, 6.07) is 15.7. The molecule has 21 heavy (non-hydrogen) atoms. The zero-order valence-electron chi connectivity index (χ0n) is 11.5. The van der Waals surface area contributed by atoms with E-state index in [9.17, 15) is 0 Å². The molecule has 2 aromatic carbocycles. The first-order valence-electron chi connectivity index (χ1n) is 6.76. The lowest BCUT2D eigenvalue weighted by molar-refractivity contribution is 1.30. The third-order valence-corrected chi connectivity index (χ3v) is 3.40. The monoisotopic (exact) mass is 276 g/mol. The molecule has 1 heterocycles. The number of aromatic nitrogens is 1. The molecule has 4 heteroatoms. The lowest BCUT2D eigenvalue weighted by Crippen LogP contribution is -2.15. The Morgan fingerprint density at radius 2 is 2.05 bits per heavy atom. The Morgan fingerprint density at radius 1 is 1.19 bits per heavy atom. The van der Waals surface area contributed by atoms with Crippen LogP contribution in [0, 0.1) is 5.41 Å². The largest absolute Gasteiger partial charge is 0.383 e. The highest BCUT2D eigenvalue weighted by atomic mass is 14.9. The van der Waals surface area contributed by atoms with Crippen LogP contribution >= 0.6 is 0 Å². The van der Waals surface area contributed by atoms with Crippen molar-refractivity contribution in [1.82, 2.24) is 4.98 Å². The van der Waals surface area contributed by atoms with Gasteiger partial charge in [-0.15, -0.1) is 0 Å². The second-order valence-corrected chi connectivity index (χ2v) is 4.81. The lowest BCUT2D eigenvalue weighted by Gasteiger charge is -2.07. The van der Waals surface area contributed by atoms with Gasteiger partial charge in [-0.2, -0.15) is 0 Å². The first-order valence-corrected chi connectivity index (χ1v) is 6.76. The molecule has 0 aliphatic carbocycles. The highest BCUT2D eigenvalue weighted by Gasteiger charge is 2.05. The zero-order valence-corrected chi connectivity index (χ0v) is 11.5. The van der Waals surface area contributed by atoms with Crippen LogP contribution < -0.4 is 5.73 Å². The number of nitrogens with zero attached hydrogens (tertiary/aromatic N) is 1. The smallest absolute Gasteiger partial charge is 0.131 e. The maximum Gasteiger partial charge on any atom is 0.131 e. The van der Waals surface area contributed by atoms with Crippen molar-refractivity contribution in [2.45, 2.75) is 6.42 Å². The average Bonchev–Trinajstić information content (AvgIpc) is 2.95. The molecule has 3 rings (SSSR count). The van der Waals surface area contributed by atoms with Crippen molar-refractivity contribution >= 4 is 28.6 Å². The Hall–Kier alpha value is -2.88. The van der Waals surface area contributed by atoms with Gasteiger partial charge in [0.05, 0.1) is 5.69 Å². The molecule has 3 aromatic rings. The lowest BCUT2D eigenvalue weighted by atomic mass is 10.0. The van der Waals surface area contributed by atoms with Gasteiger partial charge in [-0.25, -0.2) is 4.99 Å². The molecular weight excluding hydrogens is 260 g/mol. The van der Waals surface area contributed by atoms with Crippen molar-refractivity contribution in [3.8, 4) is 0 Å². The number of hydrogen-bond donors (Lipinski definition) is 3. The highest BCUT2D eigenvalue weighted by molar-refractivity contribution is 6.01. The Balaban J connectivity index is 2.00. The fraction of sp³-hybridized carbons (Fsp3) is 0.0588. The fourth-order valence-electron chi connectivity index (χ4n) is 2.37. The van der Waals surface area contributed by atoms with Crippen LogP contribution in [-0.4, -0.2) is 17.0 Å². The van der Waals surface area contributed by atoms with Crippen LogP contribution in [0.25, 0.3) is 10.9 Å². The van der Waals surface area contributed by atoms with Gasteiger partial charge in [0.25, 0.3) is 0 Å². The number of amidine groups is 1. The predicted octanol–water partition coefficient (Wildman–Crippen LogP) is 3.40. The molecule has 0 fully saturated rings. The molecule has 4 N–H and O–H groups in total. The number of nitrogens with one attached hydrogen (secondary N) is 2. The minimum absolute atomic E-state index is 0.474. The predicted molar refractivity (Wildman–Crippen MR) is 87.6 cm³/mol. The van der Waals surface area contributed by atoms with Gasteiger partial charge in [-0.3, -0.25) is 0 Å². The molecule has 0 saturated heterocycles. The summed E-state index contributed by atoms with van der Waals surface area (Å²) in [4.78, 5) is 7.66. The number of hydrogen-bond acceptors (Lipinski definition) is 2. The molecule has 0 amide bonds. The van der Waals surface area contributed by atoms with E-state index in [0.29, 0.717) is 12.3 Å². The van der Waals surface area contributed by atoms with Gasteiger partial charge in [0.2, 0.25) is 0 Å². The number of fused-ring (bicyclic) bond motifs is 1. The second kappa shape index (κ2) is 5.63. The first kappa shape index (κ1) is 13.1. The van der Waals surface area contributed by atoms with Crippen molar-refractivity contribution in [2.24, 2.45) is 10.7 Å². The third kappa shape index (κ3) is 2.69. The molecule has 104 valence electrons. The number of rotatable bonds is 4. The number of nitrogens with two attached hydrogens (primary N) is 1. The quantitative estimate of drug-likeness (QED) is 0.495. The first-order chi connectivity index (χ1) is 10.3. The van der Waals surface area contributed by atoms with Crippen molar-refractivity contribution in [3.05, 3.63) is 65.9 Å². The summed E-state index contributed by atoms with van der Waals surface area (Å²) >= 11 is 0. The molecular formula is C17H16N4. The SMILES string of the molecule is N=CCc1ccccc1C(N)=Nc1ccc2[nH]ccc2c1. The van der Waals surface area contributed by atoms with Crippen LogP contribution in [0.2, 0.25) is 0 Å². The molecule has 4 nitrogen and oxygen atoms in total. The van der Waals surface area contributed by atoms with E-state index in [1.54, 1.807) is 0 Å². The number of aliphatic imine (C=N–C) groups is 1. The van der Waals surface area contributed by atoms with Crippen LogP contribution in [0.1, 0.15) is 11.1 Å². The van der Waals surface area contributed by atoms with Crippen molar-refractivity contribution in [2.75, 3.05) is 0 Å². The van der Waals surface area contributed by atoms with Crippen LogP contribution in [0.4, 0.5) is 5.69 Å². The summed E-state index contributed by atoms with van der Waals surface area (Å²) in [6.45, 7) is 0. The number of aromatic amines is 1. The molecule has 0 aliphatic heterocycles. The second-order valence-electron chi connectivity index (χ2n) is 4.81. The summed E-state index contributed by atoms with van der Waals surface area (Å²) in [5.74, 6) is 0.474.